The van der Waals surface area contributed by atoms with E-state index in [-0.39, 0.29) is 5.91 Å². The van der Waals surface area contributed by atoms with E-state index in [9.17, 15) is 4.79 Å². The molecule has 4 aromatic rings. The number of fused-ring (bicyclic) bond motifs is 1. The quantitative estimate of drug-likeness (QED) is 0.484. The Balaban J connectivity index is 1.61. The smallest absolute Gasteiger partial charge is 0.280 e. The molecule has 0 atom stereocenters. The van der Waals surface area contributed by atoms with Gasteiger partial charge in [-0.25, -0.2) is 9.97 Å². The first-order valence-electron chi connectivity index (χ1n) is 9.00. The van der Waals surface area contributed by atoms with Crippen LogP contribution in [0.3, 0.4) is 0 Å². The summed E-state index contributed by atoms with van der Waals surface area (Å²) in [6.07, 6.45) is 0. The van der Waals surface area contributed by atoms with Crippen LogP contribution >= 0.6 is 11.3 Å². The minimum atomic E-state index is -0.254. The predicted molar refractivity (Wildman–Crippen MR) is 114 cm³/mol. The van der Waals surface area contributed by atoms with Gasteiger partial charge in [0.2, 0.25) is 5.88 Å². The molecule has 0 aliphatic heterocycles. The molecule has 0 aliphatic carbocycles. The molecule has 0 radical (unpaired) electrons. The Hall–Kier alpha value is -3.45. The van der Waals surface area contributed by atoms with Crippen molar-refractivity contribution in [2.24, 2.45) is 0 Å². The minimum Gasteiger partial charge on any atom is -0.481 e. The summed E-state index contributed by atoms with van der Waals surface area (Å²) >= 11 is 1.29. The highest BCUT2D eigenvalue weighted by Crippen LogP contribution is 2.34. The number of methoxy groups -OCH3 is 1. The number of hydrogen-bond acceptors (Lipinski definition) is 6. The number of benzene rings is 2. The number of pyridine rings is 1. The van der Waals surface area contributed by atoms with Crippen molar-refractivity contribution < 1.29 is 14.3 Å². The van der Waals surface area contributed by atoms with Gasteiger partial charge < -0.3 is 14.8 Å². The molecule has 0 unspecified atom stereocenters. The van der Waals surface area contributed by atoms with Gasteiger partial charge in [-0.1, -0.05) is 41.7 Å². The molecule has 1 N–H and O–H groups in total. The molecule has 6 nitrogen and oxygen atoms in total. The fourth-order valence-electron chi connectivity index (χ4n) is 2.92. The Kier molecular flexibility index (Phi) is 5.14. The number of ether oxygens (including phenoxy) is 2. The Bertz CT molecular complexity index is 1200. The van der Waals surface area contributed by atoms with Gasteiger partial charge in [0.25, 0.3) is 11.1 Å². The number of amides is 1. The van der Waals surface area contributed by atoms with Crippen LogP contribution in [0.25, 0.3) is 10.9 Å². The maximum Gasteiger partial charge on any atom is 0.280 e. The van der Waals surface area contributed by atoms with Crippen LogP contribution in [0.15, 0.2) is 54.6 Å². The Morgan fingerprint density at radius 2 is 1.86 bits per heavy atom. The van der Waals surface area contributed by atoms with Crippen molar-refractivity contribution in [2.45, 2.75) is 13.8 Å². The van der Waals surface area contributed by atoms with E-state index < -0.39 is 0 Å². The van der Waals surface area contributed by atoms with E-state index in [4.69, 9.17) is 9.47 Å². The lowest BCUT2D eigenvalue weighted by molar-refractivity contribution is 0.102. The van der Waals surface area contributed by atoms with Crippen LogP contribution < -0.4 is 14.8 Å². The van der Waals surface area contributed by atoms with Crippen molar-refractivity contribution >= 4 is 33.1 Å². The predicted octanol–water partition coefficient (Wildman–Crippen LogP) is 5.36. The Morgan fingerprint density at radius 1 is 1.03 bits per heavy atom. The third-order valence-corrected chi connectivity index (χ3v) is 5.30. The lowest BCUT2D eigenvalue weighted by atomic mass is 10.1. The molecule has 0 saturated carbocycles. The molecule has 4 rings (SSSR count). The molecular weight excluding hydrogens is 386 g/mol. The van der Waals surface area contributed by atoms with E-state index in [2.05, 4.69) is 15.3 Å². The molecule has 0 spiro atoms. The second kappa shape index (κ2) is 7.89. The van der Waals surface area contributed by atoms with Crippen LogP contribution in [0.4, 0.5) is 5.00 Å². The van der Waals surface area contributed by atoms with Gasteiger partial charge in [0, 0.05) is 11.5 Å². The SMILES string of the molecule is COc1cc(C(=O)Nc2sc(Oc3cccc(C)c3)nc2C)c2ccccc2n1. The first-order chi connectivity index (χ1) is 14.0. The average molecular weight is 405 g/mol. The maximum atomic E-state index is 13.0. The summed E-state index contributed by atoms with van der Waals surface area (Å²) in [6.45, 7) is 3.83. The van der Waals surface area contributed by atoms with Gasteiger partial charge in [-0.15, -0.1) is 0 Å². The number of hydrogen-bond donors (Lipinski definition) is 1. The number of nitrogens with zero attached hydrogens (tertiary/aromatic N) is 2. The summed E-state index contributed by atoms with van der Waals surface area (Å²) < 4.78 is 11.1. The number of aryl methyl sites for hydroxylation is 2. The molecule has 0 aliphatic rings. The molecular formula is C22H19N3O3S. The Labute approximate surface area is 172 Å². The van der Waals surface area contributed by atoms with Gasteiger partial charge in [-0.2, -0.15) is 0 Å². The van der Waals surface area contributed by atoms with Gasteiger partial charge in [0.05, 0.1) is 23.9 Å². The zero-order valence-corrected chi connectivity index (χ0v) is 17.0. The van der Waals surface area contributed by atoms with Gasteiger partial charge in [0.15, 0.2) is 0 Å². The van der Waals surface area contributed by atoms with Crippen LogP contribution in [0.2, 0.25) is 0 Å². The number of anilines is 1. The van der Waals surface area contributed by atoms with Crippen LogP contribution in [0, 0.1) is 13.8 Å². The molecule has 29 heavy (non-hydrogen) atoms. The molecule has 1 amide bonds. The number of para-hydroxylation sites is 1. The van der Waals surface area contributed by atoms with Crippen LogP contribution in [-0.2, 0) is 0 Å². The zero-order chi connectivity index (χ0) is 20.4. The monoisotopic (exact) mass is 405 g/mol. The van der Waals surface area contributed by atoms with E-state index in [0.717, 1.165) is 10.9 Å². The number of aromatic nitrogens is 2. The fraction of sp³-hybridized carbons (Fsp3) is 0.136. The number of carbonyl (C=O) groups is 1. The summed E-state index contributed by atoms with van der Waals surface area (Å²) in [6, 6.07) is 16.8. The molecule has 0 saturated heterocycles. The van der Waals surface area contributed by atoms with Gasteiger partial charge in [0.1, 0.15) is 10.8 Å². The summed E-state index contributed by atoms with van der Waals surface area (Å²) in [5.41, 5.74) is 2.97. The maximum absolute atomic E-state index is 13.0. The standard InChI is InChI=1S/C22H19N3O3S/c1-13-7-6-8-15(11-13)28-22-23-14(2)21(29-22)25-20(26)17-12-19(27-3)24-18-10-5-4-9-16(17)18/h4-12H,1-3H3,(H,25,26). The zero-order valence-electron chi connectivity index (χ0n) is 16.2. The average Bonchev–Trinajstić information content (AvgIpc) is 3.05. The van der Waals surface area contributed by atoms with Crippen molar-refractivity contribution in [1.82, 2.24) is 9.97 Å². The second-order valence-corrected chi connectivity index (χ2v) is 7.46. The van der Waals surface area contributed by atoms with E-state index in [1.807, 2.05) is 62.4 Å². The first-order valence-corrected chi connectivity index (χ1v) is 9.82. The van der Waals surface area contributed by atoms with E-state index >= 15 is 0 Å². The lowest BCUT2D eigenvalue weighted by Gasteiger charge is -2.09. The normalized spacial score (nSPS) is 10.7. The topological polar surface area (TPSA) is 73.3 Å². The molecule has 2 aromatic heterocycles. The first kappa shape index (κ1) is 18.9. The van der Waals surface area contributed by atoms with Crippen molar-refractivity contribution in [2.75, 3.05) is 12.4 Å². The van der Waals surface area contributed by atoms with Crippen LogP contribution in [-0.4, -0.2) is 23.0 Å². The van der Waals surface area contributed by atoms with Gasteiger partial charge in [-0.05, 0) is 37.6 Å². The lowest BCUT2D eigenvalue weighted by Crippen LogP contribution is -2.13. The van der Waals surface area contributed by atoms with Crippen LogP contribution in [0.5, 0.6) is 16.8 Å². The highest BCUT2D eigenvalue weighted by atomic mass is 32.1. The third kappa shape index (κ3) is 4.05. The highest BCUT2D eigenvalue weighted by Gasteiger charge is 2.17. The van der Waals surface area contributed by atoms with Crippen LogP contribution in [0.1, 0.15) is 21.6 Å². The summed E-state index contributed by atoms with van der Waals surface area (Å²) in [7, 11) is 1.53. The molecule has 0 bridgehead atoms. The number of nitrogens with one attached hydrogen (secondary N) is 1. The van der Waals surface area contributed by atoms with Gasteiger partial charge >= 0.3 is 0 Å². The van der Waals surface area contributed by atoms with E-state index in [1.54, 1.807) is 6.07 Å². The molecule has 2 aromatic carbocycles. The van der Waals surface area contributed by atoms with Crippen molar-refractivity contribution in [3.05, 3.63) is 71.4 Å². The van der Waals surface area contributed by atoms with E-state index in [0.29, 0.717) is 38.6 Å². The molecule has 7 heteroatoms. The minimum absolute atomic E-state index is 0.254. The summed E-state index contributed by atoms with van der Waals surface area (Å²) in [4.78, 5) is 21.8. The molecule has 2 heterocycles. The summed E-state index contributed by atoms with van der Waals surface area (Å²) in [5.74, 6) is 0.843. The number of rotatable bonds is 5. The fourth-order valence-corrected chi connectivity index (χ4v) is 3.76. The molecule has 0 fully saturated rings. The molecule has 146 valence electrons. The number of carbonyl (C=O) groups excluding carboxylic acids is 1. The highest BCUT2D eigenvalue weighted by molar-refractivity contribution is 7.17. The Morgan fingerprint density at radius 3 is 2.66 bits per heavy atom. The van der Waals surface area contributed by atoms with Crippen molar-refractivity contribution in [1.29, 1.82) is 0 Å². The second-order valence-electron chi connectivity index (χ2n) is 6.50. The van der Waals surface area contributed by atoms with E-state index in [1.165, 1.54) is 18.4 Å². The summed E-state index contributed by atoms with van der Waals surface area (Å²) in [5, 5.41) is 4.80. The third-order valence-electron chi connectivity index (χ3n) is 4.35. The van der Waals surface area contributed by atoms with Gasteiger partial charge in [-0.3, -0.25) is 4.79 Å². The van der Waals surface area contributed by atoms with Crippen molar-refractivity contribution in [3.63, 3.8) is 0 Å². The number of thiazole rings is 1. The largest absolute Gasteiger partial charge is 0.481 e. The van der Waals surface area contributed by atoms with Crippen molar-refractivity contribution in [3.8, 4) is 16.8 Å².